The predicted octanol–water partition coefficient (Wildman–Crippen LogP) is 3.12. The number of thioether (sulfide) groups is 1. The number of rotatable bonds is 5. The third-order valence-corrected chi connectivity index (χ3v) is 2.63. The van der Waals surface area contributed by atoms with Gasteiger partial charge in [-0.05, 0) is 36.9 Å². The van der Waals surface area contributed by atoms with Crippen molar-refractivity contribution in [3.63, 3.8) is 0 Å². The molecule has 0 fully saturated rings. The molecule has 1 N–H and O–H groups in total. The number of benzene rings is 1. The van der Waals surface area contributed by atoms with E-state index in [1.165, 1.54) is 4.90 Å². The Morgan fingerprint density at radius 3 is 2.64 bits per heavy atom. The Labute approximate surface area is 89.3 Å². The lowest BCUT2D eigenvalue weighted by Crippen LogP contribution is -2.00. The third kappa shape index (κ3) is 3.71. The van der Waals surface area contributed by atoms with Crippen LogP contribution in [0, 0.1) is 11.3 Å². The van der Waals surface area contributed by atoms with Crippen LogP contribution >= 0.6 is 11.8 Å². The number of nitriles is 1. The Morgan fingerprint density at radius 2 is 2.07 bits per heavy atom. The summed E-state index contributed by atoms with van der Waals surface area (Å²) in [6.45, 7) is 0.867. The molecule has 0 aromatic heterocycles. The summed E-state index contributed by atoms with van der Waals surface area (Å²) in [5, 5.41) is 11.6. The lowest BCUT2D eigenvalue weighted by molar-refractivity contribution is 0.897. The van der Waals surface area contributed by atoms with Crippen LogP contribution in [0.5, 0.6) is 0 Å². The van der Waals surface area contributed by atoms with Gasteiger partial charge in [-0.1, -0.05) is 0 Å². The van der Waals surface area contributed by atoms with E-state index < -0.39 is 0 Å². The van der Waals surface area contributed by atoms with Gasteiger partial charge < -0.3 is 5.32 Å². The first-order chi connectivity index (χ1) is 6.86. The van der Waals surface area contributed by atoms with Crippen molar-refractivity contribution in [1.82, 2.24) is 0 Å². The van der Waals surface area contributed by atoms with Gasteiger partial charge in [-0.15, -0.1) is 11.8 Å². The maximum atomic E-state index is 8.35. The lowest BCUT2D eigenvalue weighted by Gasteiger charge is -2.05. The molecule has 0 unspecified atom stereocenters. The zero-order valence-electron chi connectivity index (χ0n) is 8.29. The second-order valence-electron chi connectivity index (χ2n) is 2.92. The maximum absolute atomic E-state index is 8.35. The summed E-state index contributed by atoms with van der Waals surface area (Å²) in [6.07, 6.45) is 3.59. The molecule has 0 radical (unpaired) electrons. The molecule has 0 atom stereocenters. The molecule has 0 aliphatic carbocycles. The Hall–Kier alpha value is -1.14. The summed E-state index contributed by atoms with van der Waals surface area (Å²) >= 11 is 1.74. The third-order valence-electron chi connectivity index (χ3n) is 1.88. The zero-order chi connectivity index (χ0) is 10.2. The number of hydrogen-bond donors (Lipinski definition) is 1. The van der Waals surface area contributed by atoms with Gasteiger partial charge in [0.25, 0.3) is 0 Å². The average Bonchev–Trinajstić information content (AvgIpc) is 2.25. The van der Waals surface area contributed by atoms with E-state index in [1.54, 1.807) is 11.8 Å². The molecule has 1 rings (SSSR count). The van der Waals surface area contributed by atoms with Crippen LogP contribution in [0.3, 0.4) is 0 Å². The molecule has 1 aromatic rings. The van der Waals surface area contributed by atoms with Crippen LogP contribution in [0.15, 0.2) is 29.2 Å². The first-order valence-corrected chi connectivity index (χ1v) is 5.84. The summed E-state index contributed by atoms with van der Waals surface area (Å²) in [4.78, 5) is 1.27. The lowest BCUT2D eigenvalue weighted by atomic mass is 10.3. The van der Waals surface area contributed by atoms with Crippen LogP contribution in [-0.4, -0.2) is 12.8 Å². The molecular formula is C11H14N2S. The Bertz CT molecular complexity index is 300. The van der Waals surface area contributed by atoms with Crippen LogP contribution in [0.2, 0.25) is 0 Å². The van der Waals surface area contributed by atoms with Crippen molar-refractivity contribution in [1.29, 1.82) is 5.26 Å². The number of nitrogens with zero attached hydrogens (tertiary/aromatic N) is 1. The number of anilines is 1. The first kappa shape index (κ1) is 10.9. The molecule has 0 saturated carbocycles. The molecule has 0 heterocycles. The zero-order valence-corrected chi connectivity index (χ0v) is 9.10. The Morgan fingerprint density at radius 1 is 1.36 bits per heavy atom. The topological polar surface area (TPSA) is 35.8 Å². The molecule has 14 heavy (non-hydrogen) atoms. The molecule has 3 heteroatoms. The van der Waals surface area contributed by atoms with Crippen molar-refractivity contribution < 1.29 is 0 Å². The number of hydrogen-bond acceptors (Lipinski definition) is 3. The van der Waals surface area contributed by atoms with Crippen molar-refractivity contribution in [2.24, 2.45) is 0 Å². The van der Waals surface area contributed by atoms with Gasteiger partial charge >= 0.3 is 0 Å². The fourth-order valence-corrected chi connectivity index (χ4v) is 1.52. The fraction of sp³-hybridized carbons (Fsp3) is 0.364. The van der Waals surface area contributed by atoms with Crippen LogP contribution in [0.4, 0.5) is 5.69 Å². The van der Waals surface area contributed by atoms with E-state index in [9.17, 15) is 0 Å². The molecule has 0 spiro atoms. The SMILES string of the molecule is CSc1ccc(NCCCC#N)cc1. The Kier molecular flexibility index (Phi) is 4.95. The van der Waals surface area contributed by atoms with Crippen LogP contribution < -0.4 is 5.32 Å². The molecular weight excluding hydrogens is 192 g/mol. The van der Waals surface area contributed by atoms with Crippen LogP contribution in [0.25, 0.3) is 0 Å². The second kappa shape index (κ2) is 6.33. The molecule has 2 nitrogen and oxygen atoms in total. The highest BCUT2D eigenvalue weighted by atomic mass is 32.2. The van der Waals surface area contributed by atoms with Crippen molar-refractivity contribution >= 4 is 17.4 Å². The van der Waals surface area contributed by atoms with Crippen LogP contribution in [0.1, 0.15) is 12.8 Å². The highest BCUT2D eigenvalue weighted by Gasteiger charge is 1.92. The quantitative estimate of drug-likeness (QED) is 0.594. The van der Waals surface area contributed by atoms with Gasteiger partial charge in [0.2, 0.25) is 0 Å². The van der Waals surface area contributed by atoms with E-state index in [1.807, 2.05) is 0 Å². The molecule has 0 aliphatic heterocycles. The maximum Gasteiger partial charge on any atom is 0.0622 e. The van der Waals surface area contributed by atoms with Gasteiger partial charge in [-0.2, -0.15) is 5.26 Å². The van der Waals surface area contributed by atoms with Gasteiger partial charge in [-0.25, -0.2) is 0 Å². The largest absolute Gasteiger partial charge is 0.385 e. The minimum absolute atomic E-state index is 0.621. The highest BCUT2D eigenvalue weighted by molar-refractivity contribution is 7.98. The number of nitrogens with one attached hydrogen (secondary N) is 1. The van der Waals surface area contributed by atoms with E-state index in [-0.39, 0.29) is 0 Å². The van der Waals surface area contributed by atoms with Crippen molar-refractivity contribution in [3.05, 3.63) is 24.3 Å². The number of unbranched alkanes of at least 4 members (excludes halogenated alkanes) is 1. The van der Waals surface area contributed by atoms with Crippen molar-refractivity contribution in [2.75, 3.05) is 18.1 Å². The van der Waals surface area contributed by atoms with Crippen LogP contribution in [-0.2, 0) is 0 Å². The summed E-state index contributed by atoms with van der Waals surface area (Å²) in [6, 6.07) is 10.5. The summed E-state index contributed by atoms with van der Waals surface area (Å²) < 4.78 is 0. The van der Waals surface area contributed by atoms with Gasteiger partial charge in [0.05, 0.1) is 6.07 Å². The van der Waals surface area contributed by atoms with Gasteiger partial charge in [0.1, 0.15) is 0 Å². The summed E-state index contributed by atoms with van der Waals surface area (Å²) in [7, 11) is 0. The monoisotopic (exact) mass is 206 g/mol. The van der Waals surface area contributed by atoms with E-state index >= 15 is 0 Å². The molecule has 0 aliphatic rings. The first-order valence-electron chi connectivity index (χ1n) is 4.61. The predicted molar refractivity (Wildman–Crippen MR) is 61.6 cm³/mol. The second-order valence-corrected chi connectivity index (χ2v) is 3.80. The van der Waals surface area contributed by atoms with Gasteiger partial charge in [-0.3, -0.25) is 0 Å². The highest BCUT2D eigenvalue weighted by Crippen LogP contribution is 2.17. The molecule has 74 valence electrons. The van der Waals surface area contributed by atoms with Crippen molar-refractivity contribution in [2.45, 2.75) is 17.7 Å². The average molecular weight is 206 g/mol. The van der Waals surface area contributed by atoms with E-state index in [2.05, 4.69) is 41.9 Å². The molecule has 1 aromatic carbocycles. The molecule has 0 amide bonds. The van der Waals surface area contributed by atoms with Gasteiger partial charge in [0.15, 0.2) is 0 Å². The molecule has 0 saturated heterocycles. The minimum Gasteiger partial charge on any atom is -0.385 e. The van der Waals surface area contributed by atoms with Gasteiger partial charge in [0, 0.05) is 23.5 Å². The Balaban J connectivity index is 2.33. The normalized spacial score (nSPS) is 9.43. The van der Waals surface area contributed by atoms with E-state index in [4.69, 9.17) is 5.26 Å². The minimum atomic E-state index is 0.621. The van der Waals surface area contributed by atoms with Crippen molar-refractivity contribution in [3.8, 4) is 6.07 Å². The summed E-state index contributed by atoms with van der Waals surface area (Å²) in [5.74, 6) is 0. The smallest absolute Gasteiger partial charge is 0.0622 e. The van der Waals surface area contributed by atoms with E-state index in [0.717, 1.165) is 18.7 Å². The van der Waals surface area contributed by atoms with E-state index in [0.29, 0.717) is 6.42 Å². The molecule has 0 bridgehead atoms. The standard InChI is InChI=1S/C11H14N2S/c1-14-11-6-4-10(5-7-11)13-9-3-2-8-12/h4-7,13H,2-3,9H2,1H3. The fourth-order valence-electron chi connectivity index (χ4n) is 1.11. The summed E-state index contributed by atoms with van der Waals surface area (Å²) in [5.41, 5.74) is 1.13.